The van der Waals surface area contributed by atoms with Crippen LogP contribution in [0.5, 0.6) is 0 Å². The quantitative estimate of drug-likeness (QED) is 0.767. The molecular weight excluding hydrogens is 298 g/mol. The van der Waals surface area contributed by atoms with Crippen molar-refractivity contribution in [1.82, 2.24) is 0 Å². The molecule has 0 aliphatic heterocycles. The molecule has 2 rings (SSSR count). The minimum Gasteiger partial charge on any atom is -0.324 e. The molecule has 0 aliphatic rings. The molecule has 21 heavy (non-hydrogen) atoms. The van der Waals surface area contributed by atoms with Crippen LogP contribution in [0.15, 0.2) is 64.4 Å². The number of hydrogen-bond donors (Lipinski definition) is 1. The molecule has 1 atom stereocenters. The first-order valence-electron chi connectivity index (χ1n) is 6.95. The molecule has 0 radical (unpaired) electrons. The van der Waals surface area contributed by atoms with Crippen LogP contribution >= 0.6 is 23.5 Å². The summed E-state index contributed by atoms with van der Waals surface area (Å²) in [7, 11) is 0. The van der Waals surface area contributed by atoms with Gasteiger partial charge in [-0.1, -0.05) is 37.3 Å². The lowest BCUT2D eigenvalue weighted by Gasteiger charge is -2.14. The minimum absolute atomic E-state index is 0.0352. The van der Waals surface area contributed by atoms with E-state index in [2.05, 4.69) is 12.2 Å². The fourth-order valence-electron chi connectivity index (χ4n) is 1.84. The number of carbonyl (C=O) groups is 1. The summed E-state index contributed by atoms with van der Waals surface area (Å²) in [6, 6.07) is 17.9. The normalized spacial score (nSPS) is 11.9. The standard InChI is InChI=1S/C17H19NOS2/c1-3-20-16-12-8-7-11-15(16)18-17(19)13(2)21-14-9-5-4-6-10-14/h4-13H,3H2,1-2H3,(H,18,19)/t13-/m1/s1. The SMILES string of the molecule is CCSc1ccccc1NC(=O)[C@@H](C)Sc1ccccc1. The highest BCUT2D eigenvalue weighted by Gasteiger charge is 2.15. The number of amides is 1. The second-order valence-corrected chi connectivity index (χ2v) is 7.21. The van der Waals surface area contributed by atoms with Gasteiger partial charge in [0.15, 0.2) is 0 Å². The lowest BCUT2D eigenvalue weighted by Crippen LogP contribution is -2.22. The highest BCUT2D eigenvalue weighted by atomic mass is 32.2. The second-order valence-electron chi connectivity index (χ2n) is 4.49. The van der Waals surface area contributed by atoms with Gasteiger partial charge in [-0.3, -0.25) is 4.79 Å². The average Bonchev–Trinajstić information content (AvgIpc) is 2.50. The predicted octanol–water partition coefficient (Wildman–Crippen LogP) is 4.92. The Morgan fingerprint density at radius 3 is 2.48 bits per heavy atom. The zero-order valence-electron chi connectivity index (χ0n) is 12.2. The highest BCUT2D eigenvalue weighted by molar-refractivity contribution is 8.00. The van der Waals surface area contributed by atoms with Crippen LogP contribution in [0.1, 0.15) is 13.8 Å². The number of rotatable bonds is 6. The number of thioether (sulfide) groups is 2. The smallest absolute Gasteiger partial charge is 0.237 e. The third-order valence-corrected chi connectivity index (χ3v) is 4.94. The largest absolute Gasteiger partial charge is 0.324 e. The lowest BCUT2D eigenvalue weighted by atomic mass is 10.3. The number of carbonyl (C=O) groups excluding carboxylic acids is 1. The van der Waals surface area contributed by atoms with Crippen molar-refractivity contribution in [2.24, 2.45) is 0 Å². The molecule has 0 heterocycles. The fourth-order valence-corrected chi connectivity index (χ4v) is 3.49. The van der Waals surface area contributed by atoms with Gasteiger partial charge in [-0.05, 0) is 36.9 Å². The Bertz CT molecular complexity index is 586. The van der Waals surface area contributed by atoms with Gasteiger partial charge in [-0.2, -0.15) is 0 Å². The van der Waals surface area contributed by atoms with Crippen molar-refractivity contribution in [2.45, 2.75) is 28.9 Å². The molecular formula is C17H19NOS2. The molecule has 0 saturated carbocycles. The Labute approximate surface area is 134 Å². The summed E-state index contributed by atoms with van der Waals surface area (Å²) in [5.41, 5.74) is 0.898. The zero-order chi connectivity index (χ0) is 15.1. The Morgan fingerprint density at radius 1 is 1.10 bits per heavy atom. The Kier molecular flexibility index (Phi) is 6.21. The molecule has 0 unspecified atom stereocenters. The van der Waals surface area contributed by atoms with E-state index in [1.165, 1.54) is 0 Å². The van der Waals surface area contributed by atoms with E-state index in [-0.39, 0.29) is 11.2 Å². The monoisotopic (exact) mass is 317 g/mol. The molecule has 1 amide bonds. The topological polar surface area (TPSA) is 29.1 Å². The summed E-state index contributed by atoms with van der Waals surface area (Å²) in [5, 5.41) is 2.90. The second kappa shape index (κ2) is 8.15. The first-order valence-corrected chi connectivity index (χ1v) is 8.81. The molecule has 2 nitrogen and oxygen atoms in total. The van der Waals surface area contributed by atoms with Gasteiger partial charge in [0.25, 0.3) is 0 Å². The van der Waals surface area contributed by atoms with Gasteiger partial charge in [0.1, 0.15) is 0 Å². The maximum absolute atomic E-state index is 12.3. The number of nitrogens with one attached hydrogen (secondary N) is 1. The summed E-state index contributed by atoms with van der Waals surface area (Å²) in [5.74, 6) is 1.02. The van der Waals surface area contributed by atoms with Crippen LogP contribution in [0.3, 0.4) is 0 Å². The molecule has 4 heteroatoms. The van der Waals surface area contributed by atoms with Gasteiger partial charge >= 0.3 is 0 Å². The van der Waals surface area contributed by atoms with Crippen LogP contribution in [0.4, 0.5) is 5.69 Å². The molecule has 110 valence electrons. The van der Waals surface area contributed by atoms with E-state index in [0.717, 1.165) is 21.2 Å². The maximum Gasteiger partial charge on any atom is 0.237 e. The van der Waals surface area contributed by atoms with Crippen molar-refractivity contribution >= 4 is 35.1 Å². The van der Waals surface area contributed by atoms with Crippen molar-refractivity contribution in [3.63, 3.8) is 0 Å². The highest BCUT2D eigenvalue weighted by Crippen LogP contribution is 2.28. The summed E-state index contributed by atoms with van der Waals surface area (Å²) in [4.78, 5) is 14.6. The number of para-hydroxylation sites is 1. The molecule has 1 N–H and O–H groups in total. The number of benzene rings is 2. The molecule has 0 saturated heterocycles. The van der Waals surface area contributed by atoms with Crippen molar-refractivity contribution in [3.8, 4) is 0 Å². The summed E-state index contributed by atoms with van der Waals surface area (Å²) in [6.45, 7) is 4.04. The Morgan fingerprint density at radius 2 is 1.76 bits per heavy atom. The predicted molar refractivity (Wildman–Crippen MR) is 93.2 cm³/mol. The number of hydrogen-bond acceptors (Lipinski definition) is 3. The van der Waals surface area contributed by atoms with Crippen LogP contribution in [-0.4, -0.2) is 16.9 Å². The van der Waals surface area contributed by atoms with Gasteiger partial charge in [0.05, 0.1) is 10.9 Å². The number of anilines is 1. The van der Waals surface area contributed by atoms with Crippen molar-refractivity contribution in [2.75, 3.05) is 11.1 Å². The summed E-state index contributed by atoms with van der Waals surface area (Å²) >= 11 is 3.31. The van der Waals surface area contributed by atoms with Gasteiger partial charge in [0.2, 0.25) is 5.91 Å². The van der Waals surface area contributed by atoms with E-state index in [1.807, 2.05) is 61.5 Å². The van der Waals surface area contributed by atoms with E-state index in [9.17, 15) is 4.79 Å². The molecule has 0 aromatic heterocycles. The molecule has 0 spiro atoms. The van der Waals surface area contributed by atoms with Gasteiger partial charge in [-0.15, -0.1) is 23.5 Å². The first kappa shape index (κ1) is 16.0. The third kappa shape index (κ3) is 4.83. The van der Waals surface area contributed by atoms with E-state index >= 15 is 0 Å². The molecule has 0 fully saturated rings. The van der Waals surface area contributed by atoms with E-state index in [0.29, 0.717) is 0 Å². The van der Waals surface area contributed by atoms with Crippen LogP contribution in [0.25, 0.3) is 0 Å². The van der Waals surface area contributed by atoms with Crippen LogP contribution < -0.4 is 5.32 Å². The average molecular weight is 317 g/mol. The van der Waals surface area contributed by atoms with E-state index in [1.54, 1.807) is 23.5 Å². The van der Waals surface area contributed by atoms with Crippen LogP contribution in [-0.2, 0) is 4.79 Å². The summed E-state index contributed by atoms with van der Waals surface area (Å²) in [6.07, 6.45) is 0. The van der Waals surface area contributed by atoms with Crippen molar-refractivity contribution < 1.29 is 4.79 Å². The molecule has 2 aromatic carbocycles. The van der Waals surface area contributed by atoms with Crippen molar-refractivity contribution in [1.29, 1.82) is 0 Å². The Balaban J connectivity index is 2.01. The fraction of sp³-hybridized carbons (Fsp3) is 0.235. The molecule has 2 aromatic rings. The third-order valence-electron chi connectivity index (χ3n) is 2.87. The molecule has 0 aliphatic carbocycles. The van der Waals surface area contributed by atoms with Gasteiger partial charge in [0, 0.05) is 9.79 Å². The summed E-state index contributed by atoms with van der Waals surface area (Å²) < 4.78 is 0. The molecule has 0 bridgehead atoms. The Hall–Kier alpha value is -1.39. The van der Waals surface area contributed by atoms with E-state index < -0.39 is 0 Å². The minimum atomic E-state index is -0.132. The van der Waals surface area contributed by atoms with Crippen LogP contribution in [0.2, 0.25) is 0 Å². The van der Waals surface area contributed by atoms with E-state index in [4.69, 9.17) is 0 Å². The first-order chi connectivity index (χ1) is 10.2. The van der Waals surface area contributed by atoms with Gasteiger partial charge in [-0.25, -0.2) is 0 Å². The van der Waals surface area contributed by atoms with Crippen molar-refractivity contribution in [3.05, 3.63) is 54.6 Å². The lowest BCUT2D eigenvalue weighted by molar-refractivity contribution is -0.115. The van der Waals surface area contributed by atoms with Gasteiger partial charge < -0.3 is 5.32 Å². The van der Waals surface area contributed by atoms with Crippen LogP contribution in [0, 0.1) is 0 Å². The zero-order valence-corrected chi connectivity index (χ0v) is 13.8. The maximum atomic E-state index is 12.3.